The first-order valence-electron chi connectivity index (χ1n) is 1.77. The number of hydrogen-bond donors (Lipinski definition) is 1. The largest absolute Gasteiger partial charge is 0.333 e. The summed E-state index contributed by atoms with van der Waals surface area (Å²) < 4.78 is 0. The van der Waals surface area contributed by atoms with Gasteiger partial charge in [-0.2, -0.15) is 0 Å². The van der Waals surface area contributed by atoms with Crippen LogP contribution in [-0.2, 0) is 4.79 Å². The van der Waals surface area contributed by atoms with Crippen LogP contribution in [0.25, 0.3) is 0 Å². The molecule has 0 aliphatic heterocycles. The molecule has 0 aromatic rings. The van der Waals surface area contributed by atoms with Gasteiger partial charge in [0.05, 0.1) is 5.33 Å². The Kier molecular flexibility index (Phi) is 3.69. The van der Waals surface area contributed by atoms with Crippen molar-refractivity contribution < 1.29 is 4.79 Å². The molecule has 0 aromatic carbocycles. The normalized spacial score (nSPS) is 7.57. The van der Waals surface area contributed by atoms with E-state index in [1.807, 2.05) is 0 Å². The van der Waals surface area contributed by atoms with E-state index in [0.29, 0.717) is 5.33 Å². The first-order chi connectivity index (χ1) is 3.31. The molecule has 0 heterocycles. The number of rotatable bonds is 2. The number of halogens is 1. The van der Waals surface area contributed by atoms with Crippen molar-refractivity contribution in [2.75, 3.05) is 5.33 Å². The molecule has 1 amide bonds. The van der Waals surface area contributed by atoms with E-state index >= 15 is 0 Å². The van der Waals surface area contributed by atoms with Crippen molar-refractivity contribution >= 4 is 21.8 Å². The molecule has 0 saturated heterocycles. The lowest BCUT2D eigenvalue weighted by atomic mass is 10.7. The van der Waals surface area contributed by atoms with Crippen LogP contribution in [0.1, 0.15) is 0 Å². The summed E-state index contributed by atoms with van der Waals surface area (Å²) >= 11 is 2.96. The number of hydrogen-bond acceptors (Lipinski definition) is 1. The van der Waals surface area contributed by atoms with Crippen molar-refractivity contribution in [3.05, 3.63) is 12.8 Å². The highest BCUT2D eigenvalue weighted by molar-refractivity contribution is 9.09. The van der Waals surface area contributed by atoms with Gasteiger partial charge in [-0.25, -0.2) is 0 Å². The molecule has 0 unspecified atom stereocenters. The molecule has 0 radical (unpaired) electrons. The van der Waals surface area contributed by atoms with Crippen molar-refractivity contribution in [3.8, 4) is 0 Å². The molecular formula is C4H6BrNO. The lowest BCUT2D eigenvalue weighted by Gasteiger charge is -1.88. The number of alkyl halides is 1. The number of nitrogens with one attached hydrogen (secondary N) is 1. The van der Waals surface area contributed by atoms with Crippen molar-refractivity contribution in [2.45, 2.75) is 0 Å². The van der Waals surface area contributed by atoms with Crippen molar-refractivity contribution in [1.29, 1.82) is 0 Å². The maximum Gasteiger partial charge on any atom is 0.234 e. The average molecular weight is 164 g/mol. The fourth-order valence-corrected chi connectivity index (χ4v) is 0.314. The Morgan fingerprint density at radius 2 is 2.57 bits per heavy atom. The van der Waals surface area contributed by atoms with Crippen LogP contribution in [0.4, 0.5) is 0 Å². The molecule has 0 aromatic heterocycles. The molecule has 40 valence electrons. The van der Waals surface area contributed by atoms with E-state index in [1.165, 1.54) is 6.20 Å². The second-order valence-corrected chi connectivity index (χ2v) is 1.47. The van der Waals surface area contributed by atoms with Gasteiger partial charge in [-0.15, -0.1) is 0 Å². The van der Waals surface area contributed by atoms with Gasteiger partial charge in [0.25, 0.3) is 0 Å². The fourth-order valence-electron chi connectivity index (χ4n) is 0.152. The quantitative estimate of drug-likeness (QED) is 0.596. The minimum atomic E-state index is -0.0741. The zero-order valence-electron chi connectivity index (χ0n) is 3.78. The SMILES string of the molecule is C=CNC(=O)CBr. The van der Waals surface area contributed by atoms with E-state index in [2.05, 4.69) is 27.8 Å². The van der Waals surface area contributed by atoms with Crippen molar-refractivity contribution in [2.24, 2.45) is 0 Å². The Morgan fingerprint density at radius 3 is 2.71 bits per heavy atom. The van der Waals surface area contributed by atoms with E-state index in [9.17, 15) is 4.79 Å². The van der Waals surface area contributed by atoms with Gasteiger partial charge in [0.1, 0.15) is 0 Å². The predicted molar refractivity (Wildman–Crippen MR) is 32.1 cm³/mol. The summed E-state index contributed by atoms with van der Waals surface area (Å²) in [6.45, 7) is 3.30. The summed E-state index contributed by atoms with van der Waals surface area (Å²) in [5, 5.41) is 2.71. The van der Waals surface area contributed by atoms with Crippen LogP contribution in [0.15, 0.2) is 12.8 Å². The molecule has 0 rings (SSSR count). The van der Waals surface area contributed by atoms with E-state index in [1.54, 1.807) is 0 Å². The van der Waals surface area contributed by atoms with E-state index < -0.39 is 0 Å². The molecule has 2 nitrogen and oxygen atoms in total. The molecule has 0 fully saturated rings. The fraction of sp³-hybridized carbons (Fsp3) is 0.250. The molecule has 0 aliphatic carbocycles. The number of carbonyl (C=O) groups excluding carboxylic acids is 1. The van der Waals surface area contributed by atoms with Gasteiger partial charge >= 0.3 is 0 Å². The van der Waals surface area contributed by atoms with E-state index in [0.717, 1.165) is 0 Å². The molecule has 7 heavy (non-hydrogen) atoms. The second-order valence-electron chi connectivity index (χ2n) is 0.905. The first-order valence-corrected chi connectivity index (χ1v) is 2.89. The van der Waals surface area contributed by atoms with Gasteiger partial charge in [-0.3, -0.25) is 4.79 Å². The highest BCUT2D eigenvalue weighted by atomic mass is 79.9. The number of carbonyl (C=O) groups is 1. The standard InChI is InChI=1S/C4H6BrNO/c1-2-6-4(7)3-5/h2H,1,3H2,(H,6,7). The van der Waals surface area contributed by atoms with Crippen LogP contribution in [0.2, 0.25) is 0 Å². The highest BCUT2D eigenvalue weighted by Crippen LogP contribution is 1.75. The Balaban J connectivity index is 3.17. The molecule has 0 spiro atoms. The van der Waals surface area contributed by atoms with Gasteiger partial charge in [-0.1, -0.05) is 22.5 Å². The maximum absolute atomic E-state index is 10.2. The van der Waals surface area contributed by atoms with E-state index in [-0.39, 0.29) is 5.91 Å². The van der Waals surface area contributed by atoms with Gasteiger partial charge in [-0.05, 0) is 6.20 Å². The summed E-state index contributed by atoms with van der Waals surface area (Å²) in [6, 6.07) is 0. The minimum Gasteiger partial charge on any atom is -0.333 e. The van der Waals surface area contributed by atoms with Crippen molar-refractivity contribution in [1.82, 2.24) is 5.32 Å². The number of amides is 1. The third-order valence-corrected chi connectivity index (χ3v) is 0.894. The Labute approximate surface area is 50.7 Å². The summed E-state index contributed by atoms with van der Waals surface area (Å²) in [7, 11) is 0. The molecular weight excluding hydrogens is 158 g/mol. The Morgan fingerprint density at radius 1 is 2.00 bits per heavy atom. The monoisotopic (exact) mass is 163 g/mol. The molecule has 0 bridgehead atoms. The highest BCUT2D eigenvalue weighted by Gasteiger charge is 1.88. The molecule has 1 N–H and O–H groups in total. The van der Waals surface area contributed by atoms with Crippen LogP contribution in [0.3, 0.4) is 0 Å². The average Bonchev–Trinajstić information content (AvgIpc) is 1.68. The molecule has 0 aliphatic rings. The zero-order chi connectivity index (χ0) is 5.70. The van der Waals surface area contributed by atoms with Crippen LogP contribution in [0.5, 0.6) is 0 Å². The molecule has 0 atom stereocenters. The van der Waals surface area contributed by atoms with Gasteiger partial charge < -0.3 is 5.32 Å². The third-order valence-electron chi connectivity index (χ3n) is 0.384. The zero-order valence-corrected chi connectivity index (χ0v) is 5.36. The summed E-state index contributed by atoms with van der Waals surface area (Å²) in [5.74, 6) is -0.0741. The Bertz CT molecular complexity index is 81.8. The first kappa shape index (κ1) is 6.69. The summed E-state index contributed by atoms with van der Waals surface area (Å²) in [6.07, 6.45) is 1.35. The predicted octanol–water partition coefficient (Wildman–Crippen LogP) is 0.641. The minimum absolute atomic E-state index is 0.0741. The lowest BCUT2D eigenvalue weighted by molar-refractivity contribution is -0.117. The van der Waals surface area contributed by atoms with Crippen molar-refractivity contribution in [3.63, 3.8) is 0 Å². The van der Waals surface area contributed by atoms with Crippen LogP contribution >= 0.6 is 15.9 Å². The van der Waals surface area contributed by atoms with E-state index in [4.69, 9.17) is 0 Å². The van der Waals surface area contributed by atoms with Gasteiger partial charge in [0, 0.05) is 0 Å². The maximum atomic E-state index is 10.2. The smallest absolute Gasteiger partial charge is 0.234 e. The summed E-state index contributed by atoms with van der Waals surface area (Å²) in [5.41, 5.74) is 0. The lowest BCUT2D eigenvalue weighted by Crippen LogP contribution is -2.16. The molecule has 0 saturated carbocycles. The third kappa shape index (κ3) is 3.52. The molecule has 3 heteroatoms. The van der Waals surface area contributed by atoms with Gasteiger partial charge in [0.15, 0.2) is 0 Å². The summed E-state index contributed by atoms with van der Waals surface area (Å²) in [4.78, 5) is 10.2. The van der Waals surface area contributed by atoms with Crippen LogP contribution < -0.4 is 5.32 Å². The Hall–Kier alpha value is -0.310. The topological polar surface area (TPSA) is 29.1 Å². The second kappa shape index (κ2) is 3.87. The van der Waals surface area contributed by atoms with Gasteiger partial charge in [0.2, 0.25) is 5.91 Å². The van der Waals surface area contributed by atoms with Crippen LogP contribution in [-0.4, -0.2) is 11.2 Å². The van der Waals surface area contributed by atoms with Crippen LogP contribution in [0, 0.1) is 0 Å².